The molecule has 8 heteroatoms. The number of imidazole rings is 1. The van der Waals surface area contributed by atoms with Gasteiger partial charge in [0, 0.05) is 66.2 Å². The van der Waals surface area contributed by atoms with Gasteiger partial charge in [0.1, 0.15) is 28.2 Å². The van der Waals surface area contributed by atoms with Crippen LogP contribution in [0.3, 0.4) is 0 Å². The molecule has 0 spiro atoms. The van der Waals surface area contributed by atoms with Crippen LogP contribution in [0, 0.1) is 0 Å². The fourth-order valence-corrected chi connectivity index (χ4v) is 14.1. The summed E-state index contributed by atoms with van der Waals surface area (Å²) in [4.78, 5) is 25.5. The molecule has 0 fully saturated rings. The molecular formula is C97H64N6O2. The van der Waals surface area contributed by atoms with Crippen LogP contribution in [0.2, 0.25) is 0 Å². The quantitative estimate of drug-likeness (QED) is 0.107. The summed E-state index contributed by atoms with van der Waals surface area (Å²) in [7, 11) is 0. The van der Waals surface area contributed by atoms with E-state index in [1.807, 2.05) is 78.9 Å². The van der Waals surface area contributed by atoms with Gasteiger partial charge in [0.15, 0.2) is 11.6 Å². The maximum Gasteiger partial charge on any atom is 0.160 e. The number of rotatable bonds is 14. The first-order chi connectivity index (χ1) is 51.9. The average Bonchev–Trinajstić information content (AvgIpc) is 1.76. The summed E-state index contributed by atoms with van der Waals surface area (Å²) in [5.41, 5.74) is 25.6. The second-order valence-corrected chi connectivity index (χ2v) is 26.0. The van der Waals surface area contributed by atoms with E-state index in [1.54, 1.807) is 6.08 Å². The number of aromatic nitrogens is 6. The van der Waals surface area contributed by atoms with Crippen molar-refractivity contribution in [3.8, 4) is 129 Å². The van der Waals surface area contributed by atoms with Crippen molar-refractivity contribution >= 4 is 66.8 Å². The summed E-state index contributed by atoms with van der Waals surface area (Å²) in [6.45, 7) is 8.07. The molecule has 5 heterocycles. The Morgan fingerprint density at radius 1 is 0.238 bits per heavy atom. The molecule has 14 aromatic carbocycles. The van der Waals surface area contributed by atoms with Crippen LogP contribution in [0.5, 0.6) is 0 Å². The van der Waals surface area contributed by atoms with Gasteiger partial charge in [-0.05, 0) is 134 Å². The van der Waals surface area contributed by atoms with Crippen LogP contribution in [0.25, 0.3) is 196 Å². The molecule has 0 N–H and O–H groups in total. The van der Waals surface area contributed by atoms with Crippen LogP contribution in [0.4, 0.5) is 0 Å². The van der Waals surface area contributed by atoms with E-state index >= 15 is 0 Å². The molecule has 0 aliphatic heterocycles. The molecule has 0 radical (unpaired) electrons. The molecule has 105 heavy (non-hydrogen) atoms. The molecule has 0 bridgehead atoms. The number of hydrogen-bond donors (Lipinski definition) is 0. The molecule has 8 nitrogen and oxygen atoms in total. The molecule has 494 valence electrons. The zero-order valence-corrected chi connectivity index (χ0v) is 57.1. The summed E-state index contributed by atoms with van der Waals surface area (Å²) in [5.74, 6) is 2.13. The molecule has 0 saturated heterocycles. The van der Waals surface area contributed by atoms with Crippen LogP contribution in [0.1, 0.15) is 11.4 Å². The maximum absolute atomic E-state index is 6.26. The highest BCUT2D eigenvalue weighted by molar-refractivity contribution is 6.07. The van der Waals surface area contributed by atoms with Gasteiger partial charge in [-0.3, -0.25) is 4.57 Å². The Morgan fingerprint density at radius 2 is 0.571 bits per heavy atom. The van der Waals surface area contributed by atoms with E-state index in [0.29, 0.717) is 11.6 Å². The second kappa shape index (κ2) is 27.4. The first-order valence-corrected chi connectivity index (χ1v) is 35.1. The number of nitrogens with zero attached hydrogens (tertiary/aromatic N) is 6. The average molecular weight is 1350 g/mol. The summed E-state index contributed by atoms with van der Waals surface area (Å²) in [5, 5.41) is 6.83. The normalized spacial score (nSPS) is 11.3. The van der Waals surface area contributed by atoms with Gasteiger partial charge < -0.3 is 8.83 Å². The molecular weight excluding hydrogens is 1280 g/mol. The fourth-order valence-electron chi connectivity index (χ4n) is 14.1. The smallest absolute Gasteiger partial charge is 0.160 e. The molecule has 19 rings (SSSR count). The largest absolute Gasteiger partial charge is 0.456 e. The minimum atomic E-state index is 0.634. The van der Waals surface area contributed by atoms with Crippen LogP contribution in [-0.4, -0.2) is 29.5 Å². The summed E-state index contributed by atoms with van der Waals surface area (Å²) >= 11 is 0. The van der Waals surface area contributed by atoms with Crippen molar-refractivity contribution in [1.29, 1.82) is 0 Å². The predicted molar refractivity (Wildman–Crippen MR) is 433 cm³/mol. The highest BCUT2D eigenvalue weighted by Crippen LogP contribution is 2.39. The molecule has 0 saturated carbocycles. The molecule has 0 aliphatic carbocycles. The number of fused-ring (bicyclic) bond motifs is 7. The molecule has 0 unspecified atom stereocenters. The predicted octanol–water partition coefficient (Wildman–Crippen LogP) is 25.7. The third kappa shape index (κ3) is 12.4. The van der Waals surface area contributed by atoms with Gasteiger partial charge in [0.25, 0.3) is 0 Å². The van der Waals surface area contributed by atoms with Gasteiger partial charge >= 0.3 is 0 Å². The first-order valence-electron chi connectivity index (χ1n) is 35.1. The van der Waals surface area contributed by atoms with Crippen molar-refractivity contribution in [2.24, 2.45) is 0 Å². The van der Waals surface area contributed by atoms with Crippen LogP contribution in [-0.2, 0) is 0 Å². The Kier molecular flexibility index (Phi) is 16.4. The van der Waals surface area contributed by atoms with Crippen molar-refractivity contribution in [2.75, 3.05) is 0 Å². The van der Waals surface area contributed by atoms with E-state index in [0.717, 1.165) is 145 Å². The van der Waals surface area contributed by atoms with Gasteiger partial charge in [-0.25, -0.2) is 24.9 Å². The lowest BCUT2D eigenvalue weighted by Gasteiger charge is -2.12. The Hall–Kier alpha value is -14.2. The molecule has 19 aromatic rings. The lowest BCUT2D eigenvalue weighted by atomic mass is 9.99. The van der Waals surface area contributed by atoms with E-state index in [4.69, 9.17) is 33.8 Å². The number of para-hydroxylation sites is 3. The minimum Gasteiger partial charge on any atom is -0.456 e. The topological polar surface area (TPSA) is 95.7 Å². The Labute approximate surface area is 607 Å². The Bertz CT molecular complexity index is 6440. The lowest BCUT2D eigenvalue weighted by molar-refractivity contribution is 0.668. The fraction of sp³-hybridized carbons (Fsp3) is 0. The zero-order chi connectivity index (χ0) is 70.2. The van der Waals surface area contributed by atoms with E-state index in [-0.39, 0.29) is 0 Å². The highest BCUT2D eigenvalue weighted by Gasteiger charge is 2.20. The third-order valence-corrected chi connectivity index (χ3v) is 19.6. The van der Waals surface area contributed by atoms with Gasteiger partial charge in [-0.1, -0.05) is 298 Å². The lowest BCUT2D eigenvalue weighted by Crippen LogP contribution is -1.99. The number of furan rings is 2. The van der Waals surface area contributed by atoms with E-state index in [2.05, 4.69) is 297 Å². The van der Waals surface area contributed by atoms with Crippen LogP contribution >= 0.6 is 0 Å². The van der Waals surface area contributed by atoms with Crippen molar-refractivity contribution in [3.05, 3.63) is 376 Å². The molecule has 0 aliphatic rings. The Morgan fingerprint density at radius 3 is 1.00 bits per heavy atom. The minimum absolute atomic E-state index is 0.634. The van der Waals surface area contributed by atoms with Gasteiger partial charge in [-0.15, -0.1) is 0 Å². The van der Waals surface area contributed by atoms with Crippen LogP contribution in [0.15, 0.2) is 374 Å². The SMILES string of the molecule is C=Cc1nc(-c2ccc(-c3ccc(-c4cc(-c5ccc(-c6ccccc6)cc5)nc(-c5ccc6c(c5)oc5ccccc56)n4)cc3)cc2)n(-c2ccccc2)c1C=C.c1ccc(-c2ccc(-c3cc(-c4ccc(-c5ccc6ccccc6c5)cc4)nc(-c4ccc5c(c4)oc4ccccc45)n3)cc2)cc1. The van der Waals surface area contributed by atoms with Crippen molar-refractivity contribution in [1.82, 2.24) is 29.5 Å². The van der Waals surface area contributed by atoms with Crippen LogP contribution < -0.4 is 0 Å². The first kappa shape index (κ1) is 63.0. The standard InChI is InChI=1S/C53H36N4O.C44H28N2O/c1-3-46-49(4-2)57(43-15-9-6-10-16-43)53(56-46)41-29-23-38(24-30-41)37-21-27-40(28-22-37)48-34-47(39-25-19-36(20-26-39)35-13-7-5-8-14-35)54-52(55-48)42-31-32-45-44-17-11-12-18-50(44)58-51(45)33-42;1-2-8-29(9-3-1)31-14-19-33(20-15-31)40-28-41(34-21-16-32(17-22-34)36-23-18-30-10-4-5-11-35(30)26-36)46-44(45-40)37-24-25-39-38-12-6-7-13-42(38)47-43(39)27-37/h3-34H,1-2H2;1-28H. The number of hydrogen-bond acceptors (Lipinski definition) is 7. The van der Waals surface area contributed by atoms with Gasteiger partial charge in [-0.2, -0.15) is 0 Å². The van der Waals surface area contributed by atoms with Crippen molar-refractivity contribution < 1.29 is 8.83 Å². The zero-order valence-electron chi connectivity index (χ0n) is 57.1. The third-order valence-electron chi connectivity index (χ3n) is 19.6. The summed E-state index contributed by atoms with van der Waals surface area (Å²) in [6.07, 6.45) is 3.61. The highest BCUT2D eigenvalue weighted by atomic mass is 16.3. The monoisotopic (exact) mass is 1340 g/mol. The van der Waals surface area contributed by atoms with E-state index < -0.39 is 0 Å². The molecule has 0 atom stereocenters. The molecule has 5 aromatic heterocycles. The Balaban J connectivity index is 0.000000152. The summed E-state index contributed by atoms with van der Waals surface area (Å²) in [6, 6.07) is 122. The second-order valence-electron chi connectivity index (χ2n) is 26.0. The number of benzene rings is 14. The van der Waals surface area contributed by atoms with E-state index in [9.17, 15) is 0 Å². The maximum atomic E-state index is 6.26. The van der Waals surface area contributed by atoms with Crippen molar-refractivity contribution in [3.63, 3.8) is 0 Å². The van der Waals surface area contributed by atoms with Crippen molar-refractivity contribution in [2.45, 2.75) is 0 Å². The van der Waals surface area contributed by atoms with Gasteiger partial charge in [0.05, 0.1) is 34.2 Å². The van der Waals surface area contributed by atoms with Gasteiger partial charge in [0.2, 0.25) is 0 Å². The molecule has 0 amide bonds. The summed E-state index contributed by atoms with van der Waals surface area (Å²) < 4.78 is 14.6. The van der Waals surface area contributed by atoms with E-state index in [1.165, 1.54) is 38.6 Å².